The average molecular weight is 858 g/mol. The van der Waals surface area contributed by atoms with Gasteiger partial charge in [0.15, 0.2) is 17.7 Å². The van der Waals surface area contributed by atoms with Crippen molar-refractivity contribution < 1.29 is 43.2 Å². The highest BCUT2D eigenvalue weighted by Crippen LogP contribution is 2.41. The fourth-order valence-electron chi connectivity index (χ4n) is 9.64. The van der Waals surface area contributed by atoms with Crippen LogP contribution in [0.3, 0.4) is 0 Å². The van der Waals surface area contributed by atoms with Crippen molar-refractivity contribution >= 4 is 23.5 Å². The van der Waals surface area contributed by atoms with Gasteiger partial charge >= 0.3 is 12.1 Å². The third-order valence-electron chi connectivity index (χ3n) is 13.1. The zero-order chi connectivity index (χ0) is 45.4. The Morgan fingerprint density at radius 2 is 1.75 bits per heavy atom. The summed E-state index contributed by atoms with van der Waals surface area (Å²) in [6, 6.07) is 6.46. The number of nitrogens with zero attached hydrogens (tertiary/aromatic N) is 6. The first-order chi connectivity index (χ1) is 28.8. The number of nitrogen functional groups attached to an aromatic ring is 1. The van der Waals surface area contributed by atoms with Gasteiger partial charge in [-0.1, -0.05) is 45.0 Å². The van der Waals surface area contributed by atoms with Gasteiger partial charge in [0.25, 0.3) is 0 Å². The topological polar surface area (TPSA) is 184 Å². The number of cyclic esters (lactones) is 1. The van der Waals surface area contributed by atoms with Crippen LogP contribution in [0.25, 0.3) is 11.3 Å². The maximum absolute atomic E-state index is 14.5. The highest BCUT2D eigenvalue weighted by Gasteiger charge is 2.59. The molecular formula is C45H75N7O9. The summed E-state index contributed by atoms with van der Waals surface area (Å²) < 4.78 is 33.4. The summed E-state index contributed by atoms with van der Waals surface area (Å²) in [6.45, 7) is 18.8. The Labute approximate surface area is 363 Å². The number of aromatic nitrogens is 3. The largest absolute Gasteiger partial charge is 0.458 e. The fourth-order valence-corrected chi connectivity index (χ4v) is 9.64. The molecule has 16 heteroatoms. The molecule has 0 spiro atoms. The highest BCUT2D eigenvalue weighted by atomic mass is 16.7. The Morgan fingerprint density at radius 3 is 2.36 bits per heavy atom. The lowest BCUT2D eigenvalue weighted by Gasteiger charge is -2.45. The van der Waals surface area contributed by atoms with E-state index in [1.54, 1.807) is 30.5 Å². The molecule has 1 aromatic heterocycles. The molecule has 1 aromatic carbocycles. The molecule has 0 saturated carbocycles. The van der Waals surface area contributed by atoms with E-state index in [0.717, 1.165) is 11.3 Å². The number of ketones is 1. The Bertz CT molecular complexity index is 1740. The lowest BCUT2D eigenvalue weighted by Crippen LogP contribution is -2.61. The van der Waals surface area contributed by atoms with E-state index in [0.29, 0.717) is 57.4 Å². The van der Waals surface area contributed by atoms with Crippen molar-refractivity contribution in [2.24, 2.45) is 17.8 Å². The van der Waals surface area contributed by atoms with Crippen LogP contribution in [0.2, 0.25) is 0 Å². The number of fused-ring (bicyclic) bond motifs is 1. The maximum atomic E-state index is 14.5. The number of unbranched alkanes of at least 4 members (excludes halogenated alkanes) is 1. The number of methoxy groups -OCH3 is 1. The number of hydrogen-bond donors (Lipinski definition) is 2. The molecule has 16 nitrogen and oxygen atoms in total. The first kappa shape index (κ1) is 50.0. The summed E-state index contributed by atoms with van der Waals surface area (Å²) in [5, 5.41) is 20.3. The number of carbonyl (C=O) groups is 3. The van der Waals surface area contributed by atoms with Gasteiger partial charge in [0.1, 0.15) is 23.8 Å². The van der Waals surface area contributed by atoms with Crippen LogP contribution in [-0.2, 0) is 39.8 Å². The predicted molar refractivity (Wildman–Crippen MR) is 233 cm³/mol. The summed E-state index contributed by atoms with van der Waals surface area (Å²) in [4.78, 5) is 48.5. The van der Waals surface area contributed by atoms with Crippen LogP contribution in [0.5, 0.6) is 0 Å². The lowest BCUT2D eigenvalue weighted by atomic mass is 9.78. The molecule has 0 aliphatic carbocycles. The third kappa shape index (κ3) is 11.5. The normalized spacial score (nSPS) is 31.2. The molecular weight excluding hydrogens is 783 g/mol. The summed E-state index contributed by atoms with van der Waals surface area (Å²) in [6.07, 6.45) is 0.319. The highest BCUT2D eigenvalue weighted by molar-refractivity contribution is 6.00. The molecule has 2 saturated heterocycles. The van der Waals surface area contributed by atoms with Crippen molar-refractivity contribution in [2.45, 2.75) is 155 Å². The predicted octanol–water partition coefficient (Wildman–Crippen LogP) is 5.26. The Kier molecular flexibility index (Phi) is 17.7. The fraction of sp³-hybridized carbons (Fsp3) is 0.756. The number of hydrogen-bond acceptors (Lipinski definition) is 14. The van der Waals surface area contributed by atoms with Crippen molar-refractivity contribution in [3.05, 3.63) is 30.5 Å². The van der Waals surface area contributed by atoms with E-state index in [1.807, 2.05) is 91.1 Å². The molecule has 3 heterocycles. The minimum absolute atomic E-state index is 0.00790. The van der Waals surface area contributed by atoms with Gasteiger partial charge in [-0.05, 0) is 106 Å². The summed E-state index contributed by atoms with van der Waals surface area (Å²) in [7, 11) is 7.40. The lowest BCUT2D eigenvalue weighted by molar-refractivity contribution is -0.266. The molecule has 12 atom stereocenters. The molecule has 344 valence electrons. The van der Waals surface area contributed by atoms with E-state index in [4.69, 9.17) is 29.4 Å². The van der Waals surface area contributed by atoms with Crippen LogP contribution >= 0.6 is 0 Å². The first-order valence-corrected chi connectivity index (χ1v) is 22.1. The Balaban J connectivity index is 1.64. The molecule has 2 unspecified atom stereocenters. The number of anilines is 1. The van der Waals surface area contributed by atoms with Crippen molar-refractivity contribution in [3.63, 3.8) is 0 Å². The number of ether oxygens (including phenoxy) is 5. The quantitative estimate of drug-likeness (QED) is 0.0733. The van der Waals surface area contributed by atoms with Gasteiger partial charge in [-0.25, -0.2) is 4.79 Å². The first-order valence-electron chi connectivity index (χ1n) is 22.1. The monoisotopic (exact) mass is 858 g/mol. The van der Waals surface area contributed by atoms with E-state index < -0.39 is 71.5 Å². The Morgan fingerprint density at radius 1 is 1.07 bits per heavy atom. The molecule has 3 N–H and O–H groups in total. The standard InChI is InChI=1S/C45H75N7O9/c1-14-35(49(10)11)38(54)42(58-16-3)60-40-29(5)37(53)30(6)41(55)59-36(15-2)45(9)39(31(7)50(12)26-28(4)25-44(40,8)57-13)52(43(56)61-45)23-18-17-22-51-27-34(47-48-51)32-20-19-21-33(46)24-32/h19-21,24,27-31,35-36,38-40,42,54H,14-18,22-23,25-26,46H2,1-13H3/t28-,29+,30-,31-,35?,36-,38?,39-,40-,42+,44-,45-/m1/s1. The molecule has 61 heavy (non-hydrogen) atoms. The molecule has 2 aliphatic rings. The van der Waals surface area contributed by atoms with Gasteiger partial charge < -0.3 is 44.3 Å². The number of aliphatic hydroxyl groups is 1. The molecule has 2 aliphatic heterocycles. The van der Waals surface area contributed by atoms with E-state index in [2.05, 4.69) is 29.1 Å². The van der Waals surface area contributed by atoms with E-state index in [9.17, 15) is 19.5 Å². The number of rotatable bonds is 16. The maximum Gasteiger partial charge on any atom is 0.410 e. The van der Waals surface area contributed by atoms with Crippen LogP contribution in [0.1, 0.15) is 94.4 Å². The number of aliphatic hydroxyl groups excluding tert-OH is 1. The number of likely N-dealkylation sites (N-methyl/N-ethyl adjacent to an activating group) is 2. The number of benzene rings is 1. The third-order valence-corrected chi connectivity index (χ3v) is 13.1. The smallest absolute Gasteiger partial charge is 0.410 e. The minimum atomic E-state index is -1.24. The van der Waals surface area contributed by atoms with Gasteiger partial charge in [-0.3, -0.25) is 19.2 Å². The van der Waals surface area contributed by atoms with Crippen molar-refractivity contribution in [1.29, 1.82) is 0 Å². The number of carbonyl (C=O) groups excluding carboxylic acids is 3. The number of aryl methyl sites for hydroxylation is 1. The van der Waals surface area contributed by atoms with Gasteiger partial charge in [0.05, 0.1) is 23.9 Å². The van der Waals surface area contributed by atoms with Crippen molar-refractivity contribution in [2.75, 3.05) is 53.7 Å². The molecule has 4 rings (SSSR count). The molecule has 2 fully saturated rings. The van der Waals surface area contributed by atoms with Crippen LogP contribution in [0.15, 0.2) is 30.5 Å². The molecule has 2 aromatic rings. The zero-order valence-corrected chi connectivity index (χ0v) is 39.0. The van der Waals surface area contributed by atoms with Crippen molar-refractivity contribution in [1.82, 2.24) is 29.7 Å². The number of amides is 1. The Hall–Kier alpha value is -3.67. The average Bonchev–Trinajstić information content (AvgIpc) is 3.79. The van der Waals surface area contributed by atoms with E-state index in [1.165, 1.54) is 0 Å². The minimum Gasteiger partial charge on any atom is -0.458 e. The van der Waals surface area contributed by atoms with E-state index >= 15 is 0 Å². The zero-order valence-electron chi connectivity index (χ0n) is 39.0. The summed E-state index contributed by atoms with van der Waals surface area (Å²) in [5.74, 6) is -3.19. The SMILES string of the molecule is CCO[C@@H](O[C@@H]1[C@@H](C)C(=O)[C@@H](C)C(=O)O[C@H](CC)[C@@]2(C)OC(=O)N(CCCCn3cc(-c4cccc(N)c4)nn3)[C@@H]2[C@@H](C)N(C)C[C@H](C)C[C@@]1(C)OC)C(O)C(CC)N(C)C. The van der Waals surface area contributed by atoms with E-state index in [-0.39, 0.29) is 24.6 Å². The second-order valence-corrected chi connectivity index (χ2v) is 18.0. The number of esters is 1. The van der Waals surface area contributed by atoms with Crippen LogP contribution < -0.4 is 5.73 Å². The van der Waals surface area contributed by atoms with Crippen LogP contribution in [0.4, 0.5) is 10.5 Å². The number of Topliss-reactive ketones (excluding diaryl/α,β-unsaturated/α-hetero) is 1. The van der Waals surface area contributed by atoms with Gasteiger partial charge in [-0.2, -0.15) is 0 Å². The second-order valence-electron chi connectivity index (χ2n) is 18.0. The summed E-state index contributed by atoms with van der Waals surface area (Å²) in [5.41, 5.74) is 5.94. The van der Waals surface area contributed by atoms with Gasteiger partial charge in [0.2, 0.25) is 0 Å². The summed E-state index contributed by atoms with van der Waals surface area (Å²) >= 11 is 0. The van der Waals surface area contributed by atoms with Crippen molar-refractivity contribution in [3.8, 4) is 11.3 Å². The second kappa shape index (κ2) is 21.6. The number of nitrogens with two attached hydrogens (primary N) is 1. The van der Waals surface area contributed by atoms with Crippen LogP contribution in [0, 0.1) is 17.8 Å². The van der Waals surface area contributed by atoms with Crippen LogP contribution in [-0.4, -0.2) is 155 Å². The molecule has 0 radical (unpaired) electrons. The van der Waals surface area contributed by atoms with Gasteiger partial charge in [-0.15, -0.1) is 5.10 Å². The molecule has 1 amide bonds. The molecule has 0 bridgehead atoms. The van der Waals surface area contributed by atoms with Gasteiger partial charge in [0, 0.05) is 62.6 Å².